The molecular weight excluding hydrogens is 276 g/mol. The second-order valence-electron chi connectivity index (χ2n) is 5.41. The minimum Gasteiger partial charge on any atom is -0.350 e. The molecule has 1 aromatic rings. The normalized spacial score (nSPS) is 12.2. The van der Waals surface area contributed by atoms with Gasteiger partial charge in [-0.1, -0.05) is 18.2 Å². The maximum Gasteiger partial charge on any atom is 0.251 e. The van der Waals surface area contributed by atoms with Crippen molar-refractivity contribution in [2.45, 2.75) is 25.0 Å². The summed E-state index contributed by atoms with van der Waals surface area (Å²) in [6.45, 7) is 3.71. The predicted molar refractivity (Wildman–Crippen MR) is 80.5 cm³/mol. The lowest BCUT2D eigenvalue weighted by molar-refractivity contribution is 0.0949. The minimum atomic E-state index is -3.24. The second kappa shape index (κ2) is 6.37. The molecule has 112 valence electrons. The van der Waals surface area contributed by atoms with Crippen molar-refractivity contribution in [2.24, 2.45) is 5.73 Å². The molecule has 0 heterocycles. The third-order valence-corrected chi connectivity index (χ3v) is 5.51. The van der Waals surface area contributed by atoms with E-state index in [1.807, 2.05) is 12.1 Å². The molecule has 0 fully saturated rings. The zero-order chi connectivity index (χ0) is 15.4. The Morgan fingerprint density at radius 1 is 1.30 bits per heavy atom. The third-order valence-electron chi connectivity index (χ3n) is 3.35. The highest BCUT2D eigenvalue weighted by Gasteiger charge is 2.30. The summed E-state index contributed by atoms with van der Waals surface area (Å²) in [7, 11) is -3.24. The van der Waals surface area contributed by atoms with Crippen LogP contribution in [0.4, 0.5) is 0 Å². The van der Waals surface area contributed by atoms with E-state index < -0.39 is 14.6 Å². The van der Waals surface area contributed by atoms with Gasteiger partial charge in [-0.15, -0.1) is 0 Å². The van der Waals surface area contributed by atoms with Crippen molar-refractivity contribution in [1.82, 2.24) is 5.32 Å². The summed E-state index contributed by atoms with van der Waals surface area (Å²) < 4.78 is 22.2. The maximum absolute atomic E-state index is 12.2. The Balaban J connectivity index is 2.83. The smallest absolute Gasteiger partial charge is 0.251 e. The molecule has 0 atom stereocenters. The van der Waals surface area contributed by atoms with Crippen molar-refractivity contribution in [3.63, 3.8) is 0 Å². The SMILES string of the molecule is CC(C)(CNC(=O)c1ccccc1CCN)S(C)(=O)=O. The van der Waals surface area contributed by atoms with Gasteiger partial charge in [0.1, 0.15) is 0 Å². The highest BCUT2D eigenvalue weighted by molar-refractivity contribution is 7.92. The zero-order valence-electron chi connectivity index (χ0n) is 12.1. The number of hydrogen-bond acceptors (Lipinski definition) is 4. The van der Waals surface area contributed by atoms with Gasteiger partial charge < -0.3 is 11.1 Å². The van der Waals surface area contributed by atoms with Crippen molar-refractivity contribution in [3.05, 3.63) is 35.4 Å². The van der Waals surface area contributed by atoms with Crippen LogP contribution in [0, 0.1) is 0 Å². The molecule has 0 spiro atoms. The highest BCUT2D eigenvalue weighted by atomic mass is 32.2. The summed E-state index contributed by atoms with van der Waals surface area (Å²) in [4.78, 5) is 12.2. The van der Waals surface area contributed by atoms with Gasteiger partial charge in [0.05, 0.1) is 4.75 Å². The van der Waals surface area contributed by atoms with Crippen molar-refractivity contribution < 1.29 is 13.2 Å². The summed E-state index contributed by atoms with van der Waals surface area (Å²) in [5, 5.41) is 2.69. The van der Waals surface area contributed by atoms with Crippen molar-refractivity contribution >= 4 is 15.7 Å². The largest absolute Gasteiger partial charge is 0.350 e. The molecule has 0 aromatic heterocycles. The van der Waals surface area contributed by atoms with E-state index in [0.717, 1.165) is 5.56 Å². The van der Waals surface area contributed by atoms with Gasteiger partial charge in [-0.3, -0.25) is 4.79 Å². The summed E-state index contributed by atoms with van der Waals surface area (Å²) in [6.07, 6.45) is 1.78. The fourth-order valence-corrected chi connectivity index (χ4v) is 1.97. The molecule has 0 saturated carbocycles. The fraction of sp³-hybridized carbons (Fsp3) is 0.500. The molecular formula is C14H22N2O3S. The summed E-state index contributed by atoms with van der Waals surface area (Å²) in [5.41, 5.74) is 6.93. The van der Waals surface area contributed by atoms with Gasteiger partial charge in [0.15, 0.2) is 9.84 Å². The van der Waals surface area contributed by atoms with Crippen LogP contribution in [0.2, 0.25) is 0 Å². The molecule has 0 aliphatic heterocycles. The van der Waals surface area contributed by atoms with Crippen molar-refractivity contribution in [3.8, 4) is 0 Å². The highest BCUT2D eigenvalue weighted by Crippen LogP contribution is 2.14. The topological polar surface area (TPSA) is 89.3 Å². The number of benzene rings is 1. The molecule has 0 aliphatic rings. The Morgan fingerprint density at radius 3 is 2.45 bits per heavy atom. The summed E-state index contributed by atoms with van der Waals surface area (Å²) in [6, 6.07) is 7.19. The molecule has 1 amide bonds. The van der Waals surface area contributed by atoms with E-state index in [2.05, 4.69) is 5.32 Å². The van der Waals surface area contributed by atoms with Gasteiger partial charge in [-0.25, -0.2) is 8.42 Å². The van der Waals surface area contributed by atoms with Gasteiger partial charge in [0.25, 0.3) is 5.91 Å². The lowest BCUT2D eigenvalue weighted by Crippen LogP contribution is -2.43. The molecule has 0 saturated heterocycles. The first-order valence-electron chi connectivity index (χ1n) is 6.45. The molecule has 1 aromatic carbocycles. The average molecular weight is 298 g/mol. The van der Waals surface area contributed by atoms with Gasteiger partial charge in [0, 0.05) is 18.4 Å². The summed E-state index contributed by atoms with van der Waals surface area (Å²) in [5.74, 6) is -0.272. The third kappa shape index (κ3) is 4.05. The summed E-state index contributed by atoms with van der Waals surface area (Å²) >= 11 is 0. The van der Waals surface area contributed by atoms with Crippen LogP contribution < -0.4 is 11.1 Å². The molecule has 0 unspecified atom stereocenters. The second-order valence-corrected chi connectivity index (χ2v) is 8.06. The van der Waals surface area contributed by atoms with E-state index in [-0.39, 0.29) is 12.5 Å². The number of carbonyl (C=O) groups is 1. The number of nitrogens with two attached hydrogens (primary N) is 1. The van der Waals surface area contributed by atoms with Gasteiger partial charge >= 0.3 is 0 Å². The first kappa shape index (κ1) is 16.7. The van der Waals surface area contributed by atoms with E-state index in [1.54, 1.807) is 26.0 Å². The molecule has 0 radical (unpaired) electrons. The van der Waals surface area contributed by atoms with Crippen LogP contribution in [-0.4, -0.2) is 38.4 Å². The van der Waals surface area contributed by atoms with E-state index in [9.17, 15) is 13.2 Å². The molecule has 1 rings (SSSR count). The lowest BCUT2D eigenvalue weighted by Gasteiger charge is -2.23. The molecule has 0 bridgehead atoms. The Morgan fingerprint density at radius 2 is 1.90 bits per heavy atom. The Hall–Kier alpha value is -1.40. The lowest BCUT2D eigenvalue weighted by atomic mass is 10.0. The fourth-order valence-electron chi connectivity index (χ4n) is 1.63. The number of rotatable bonds is 6. The minimum absolute atomic E-state index is 0.0711. The van der Waals surface area contributed by atoms with E-state index >= 15 is 0 Å². The predicted octanol–water partition coefficient (Wildman–Crippen LogP) is 0.741. The monoisotopic (exact) mass is 298 g/mol. The van der Waals surface area contributed by atoms with Crippen molar-refractivity contribution in [2.75, 3.05) is 19.3 Å². The molecule has 6 heteroatoms. The van der Waals surface area contributed by atoms with Crippen LogP contribution in [0.15, 0.2) is 24.3 Å². The number of nitrogens with one attached hydrogen (secondary N) is 1. The van der Waals surface area contributed by atoms with E-state index in [1.165, 1.54) is 6.26 Å². The first-order chi connectivity index (χ1) is 9.19. The van der Waals surface area contributed by atoms with Crippen LogP contribution in [0.3, 0.4) is 0 Å². The first-order valence-corrected chi connectivity index (χ1v) is 8.34. The van der Waals surface area contributed by atoms with Gasteiger partial charge in [-0.2, -0.15) is 0 Å². The standard InChI is InChI=1S/C14H22N2O3S/c1-14(2,20(3,18)19)10-16-13(17)12-7-5-4-6-11(12)8-9-15/h4-7H,8-10,15H2,1-3H3,(H,16,17). The molecule has 0 aliphatic carbocycles. The number of sulfone groups is 1. The Kier molecular flexibility index (Phi) is 5.30. The van der Waals surface area contributed by atoms with Crippen LogP contribution in [0.1, 0.15) is 29.8 Å². The number of hydrogen-bond donors (Lipinski definition) is 2. The van der Waals surface area contributed by atoms with Crippen LogP contribution >= 0.6 is 0 Å². The Bertz CT molecular complexity index is 580. The van der Waals surface area contributed by atoms with Crippen LogP contribution in [0.5, 0.6) is 0 Å². The zero-order valence-corrected chi connectivity index (χ0v) is 13.0. The van der Waals surface area contributed by atoms with Crippen molar-refractivity contribution in [1.29, 1.82) is 0 Å². The Labute approximate surface area is 120 Å². The van der Waals surface area contributed by atoms with Crippen LogP contribution in [-0.2, 0) is 16.3 Å². The molecule has 20 heavy (non-hydrogen) atoms. The van der Waals surface area contributed by atoms with Gasteiger partial charge in [0.2, 0.25) is 0 Å². The van der Waals surface area contributed by atoms with Crippen LogP contribution in [0.25, 0.3) is 0 Å². The van der Waals surface area contributed by atoms with Gasteiger partial charge in [-0.05, 0) is 38.4 Å². The molecule has 3 N–H and O–H groups in total. The number of carbonyl (C=O) groups excluding carboxylic acids is 1. The van der Waals surface area contributed by atoms with E-state index in [4.69, 9.17) is 5.73 Å². The average Bonchev–Trinajstić information content (AvgIpc) is 2.36. The van der Waals surface area contributed by atoms with E-state index in [0.29, 0.717) is 18.5 Å². The molecule has 5 nitrogen and oxygen atoms in total. The maximum atomic E-state index is 12.2. The number of amides is 1. The quantitative estimate of drug-likeness (QED) is 0.810.